The van der Waals surface area contributed by atoms with Crippen LogP contribution >= 0.6 is 0 Å². The number of anilines is 1. The highest BCUT2D eigenvalue weighted by molar-refractivity contribution is 5.36. The molecule has 1 aromatic rings. The van der Waals surface area contributed by atoms with Crippen molar-refractivity contribution in [3.63, 3.8) is 0 Å². The van der Waals surface area contributed by atoms with E-state index in [0.717, 1.165) is 6.42 Å². The Bertz CT molecular complexity index is 365. The molecule has 0 saturated carbocycles. The highest BCUT2D eigenvalue weighted by Crippen LogP contribution is 2.23. The van der Waals surface area contributed by atoms with Crippen molar-refractivity contribution in [1.29, 1.82) is 0 Å². The average molecular weight is 255 g/mol. The molecule has 0 fully saturated rings. The van der Waals surface area contributed by atoms with Gasteiger partial charge in [-0.25, -0.2) is 0 Å². The van der Waals surface area contributed by atoms with Crippen molar-refractivity contribution in [3.8, 4) is 11.8 Å². The minimum atomic E-state index is -0.258. The van der Waals surface area contributed by atoms with Crippen molar-refractivity contribution >= 4 is 5.95 Å². The first-order valence-corrected chi connectivity index (χ1v) is 5.93. The SMILES string of the molecule is CCC(C)(CCO)Nc1nc(OC)cc(OC)n1. The summed E-state index contributed by atoms with van der Waals surface area (Å²) in [5.74, 6) is 1.31. The molecule has 0 aromatic carbocycles. The third-order valence-corrected chi connectivity index (χ3v) is 2.95. The maximum atomic E-state index is 9.08. The fourth-order valence-electron chi connectivity index (χ4n) is 1.51. The average Bonchev–Trinajstić information content (AvgIpc) is 2.38. The maximum absolute atomic E-state index is 9.08. The Morgan fingerprint density at radius 2 is 1.83 bits per heavy atom. The lowest BCUT2D eigenvalue weighted by Crippen LogP contribution is -2.35. The first kappa shape index (κ1) is 14.5. The molecule has 1 aromatic heterocycles. The molecule has 1 heterocycles. The van der Waals surface area contributed by atoms with Crippen LogP contribution in [0.25, 0.3) is 0 Å². The number of nitrogens with zero attached hydrogens (tertiary/aromatic N) is 2. The highest BCUT2D eigenvalue weighted by Gasteiger charge is 2.22. The third kappa shape index (κ3) is 3.73. The van der Waals surface area contributed by atoms with Gasteiger partial charge in [-0.05, 0) is 19.8 Å². The molecule has 0 bridgehead atoms. The van der Waals surface area contributed by atoms with Gasteiger partial charge < -0.3 is 19.9 Å². The number of rotatable bonds is 7. The molecule has 6 nitrogen and oxygen atoms in total. The van der Waals surface area contributed by atoms with E-state index in [4.69, 9.17) is 14.6 Å². The van der Waals surface area contributed by atoms with Crippen LogP contribution in [0.1, 0.15) is 26.7 Å². The monoisotopic (exact) mass is 255 g/mol. The minimum absolute atomic E-state index is 0.110. The zero-order valence-corrected chi connectivity index (χ0v) is 11.4. The zero-order chi connectivity index (χ0) is 13.6. The van der Waals surface area contributed by atoms with Crippen LogP contribution in [-0.4, -0.2) is 41.4 Å². The summed E-state index contributed by atoms with van der Waals surface area (Å²) < 4.78 is 10.2. The Balaban J connectivity index is 2.94. The molecule has 1 unspecified atom stereocenters. The second-order valence-electron chi connectivity index (χ2n) is 4.29. The summed E-state index contributed by atoms with van der Waals surface area (Å²) in [5, 5.41) is 12.3. The summed E-state index contributed by atoms with van der Waals surface area (Å²) in [6.07, 6.45) is 1.46. The molecular formula is C12H21N3O3. The molecule has 0 spiro atoms. The summed E-state index contributed by atoms with van der Waals surface area (Å²) in [4.78, 5) is 8.42. The Morgan fingerprint density at radius 1 is 1.28 bits per heavy atom. The van der Waals surface area contributed by atoms with Crippen LogP contribution in [0.5, 0.6) is 11.8 Å². The third-order valence-electron chi connectivity index (χ3n) is 2.95. The summed E-state index contributed by atoms with van der Waals surface area (Å²) in [7, 11) is 3.08. The number of hydrogen-bond acceptors (Lipinski definition) is 6. The molecule has 18 heavy (non-hydrogen) atoms. The number of nitrogens with one attached hydrogen (secondary N) is 1. The van der Waals surface area contributed by atoms with E-state index in [1.54, 1.807) is 6.07 Å². The number of ether oxygens (including phenoxy) is 2. The first-order valence-electron chi connectivity index (χ1n) is 5.93. The Morgan fingerprint density at radius 3 is 2.22 bits per heavy atom. The second kappa shape index (κ2) is 6.39. The predicted molar refractivity (Wildman–Crippen MR) is 69.2 cm³/mol. The van der Waals surface area contributed by atoms with Crippen molar-refractivity contribution in [2.24, 2.45) is 0 Å². The largest absolute Gasteiger partial charge is 0.481 e. The number of aliphatic hydroxyl groups is 1. The molecular weight excluding hydrogens is 234 g/mol. The molecule has 0 aliphatic heterocycles. The molecule has 0 saturated heterocycles. The lowest BCUT2D eigenvalue weighted by atomic mass is 9.95. The van der Waals surface area contributed by atoms with Gasteiger partial charge in [-0.1, -0.05) is 6.92 Å². The van der Waals surface area contributed by atoms with Crippen molar-refractivity contribution < 1.29 is 14.6 Å². The topological polar surface area (TPSA) is 76.5 Å². The van der Waals surface area contributed by atoms with Crippen molar-refractivity contribution in [2.45, 2.75) is 32.2 Å². The molecule has 0 radical (unpaired) electrons. The molecule has 6 heteroatoms. The van der Waals surface area contributed by atoms with Gasteiger partial charge >= 0.3 is 0 Å². The fourth-order valence-corrected chi connectivity index (χ4v) is 1.51. The van der Waals surface area contributed by atoms with Gasteiger partial charge in [-0.2, -0.15) is 9.97 Å². The zero-order valence-electron chi connectivity index (χ0n) is 11.4. The van der Waals surface area contributed by atoms with E-state index in [2.05, 4.69) is 15.3 Å². The van der Waals surface area contributed by atoms with E-state index in [0.29, 0.717) is 24.1 Å². The normalized spacial score (nSPS) is 13.8. The van der Waals surface area contributed by atoms with E-state index in [1.165, 1.54) is 14.2 Å². The van der Waals surface area contributed by atoms with Crippen LogP contribution < -0.4 is 14.8 Å². The number of methoxy groups -OCH3 is 2. The van der Waals surface area contributed by atoms with Crippen molar-refractivity contribution in [1.82, 2.24) is 9.97 Å². The van der Waals surface area contributed by atoms with Crippen LogP contribution in [-0.2, 0) is 0 Å². The summed E-state index contributed by atoms with van der Waals surface area (Å²) in [6, 6.07) is 1.61. The van der Waals surface area contributed by atoms with E-state index in [-0.39, 0.29) is 12.1 Å². The molecule has 0 aliphatic rings. The number of aromatic nitrogens is 2. The second-order valence-corrected chi connectivity index (χ2v) is 4.29. The standard InChI is InChI=1S/C12H21N3O3/c1-5-12(2,6-7-16)15-11-13-9(17-3)8-10(14-11)18-4/h8,16H,5-7H2,1-4H3,(H,13,14,15). The van der Waals surface area contributed by atoms with Crippen LogP contribution in [0.3, 0.4) is 0 Å². The number of aliphatic hydroxyl groups excluding tert-OH is 1. The number of hydrogen-bond donors (Lipinski definition) is 2. The quantitative estimate of drug-likeness (QED) is 0.768. The Labute approximate surface area is 107 Å². The molecule has 0 aliphatic carbocycles. The molecule has 1 atom stereocenters. The van der Waals surface area contributed by atoms with Crippen molar-refractivity contribution in [2.75, 3.05) is 26.1 Å². The lowest BCUT2D eigenvalue weighted by molar-refractivity contribution is 0.251. The maximum Gasteiger partial charge on any atom is 0.229 e. The minimum Gasteiger partial charge on any atom is -0.481 e. The van der Waals surface area contributed by atoms with E-state index in [1.807, 2.05) is 13.8 Å². The fraction of sp³-hybridized carbons (Fsp3) is 0.667. The lowest BCUT2D eigenvalue weighted by Gasteiger charge is -2.29. The first-order chi connectivity index (χ1) is 8.56. The Hall–Kier alpha value is -1.56. The van der Waals surface area contributed by atoms with Gasteiger partial charge in [0, 0.05) is 12.1 Å². The molecule has 1 rings (SSSR count). The predicted octanol–water partition coefficient (Wildman–Crippen LogP) is 1.46. The van der Waals surface area contributed by atoms with E-state index >= 15 is 0 Å². The van der Waals surface area contributed by atoms with Crippen LogP contribution in [0.4, 0.5) is 5.95 Å². The van der Waals surface area contributed by atoms with E-state index in [9.17, 15) is 0 Å². The van der Waals surface area contributed by atoms with Gasteiger partial charge in [0.1, 0.15) is 0 Å². The van der Waals surface area contributed by atoms with Gasteiger partial charge in [0.2, 0.25) is 17.7 Å². The van der Waals surface area contributed by atoms with Gasteiger partial charge in [0.25, 0.3) is 0 Å². The highest BCUT2D eigenvalue weighted by atomic mass is 16.5. The summed E-state index contributed by atoms with van der Waals surface area (Å²) >= 11 is 0. The van der Waals surface area contributed by atoms with Crippen LogP contribution in [0.2, 0.25) is 0 Å². The molecule has 0 amide bonds. The van der Waals surface area contributed by atoms with Gasteiger partial charge in [0.15, 0.2) is 0 Å². The summed E-state index contributed by atoms with van der Waals surface area (Å²) in [6.45, 7) is 4.16. The van der Waals surface area contributed by atoms with Crippen LogP contribution in [0, 0.1) is 0 Å². The van der Waals surface area contributed by atoms with Crippen molar-refractivity contribution in [3.05, 3.63) is 6.07 Å². The molecule has 2 N–H and O–H groups in total. The van der Waals surface area contributed by atoms with Crippen LogP contribution in [0.15, 0.2) is 6.07 Å². The van der Waals surface area contributed by atoms with E-state index < -0.39 is 0 Å². The van der Waals surface area contributed by atoms with Gasteiger partial charge in [-0.3, -0.25) is 0 Å². The smallest absolute Gasteiger partial charge is 0.229 e. The summed E-state index contributed by atoms with van der Waals surface area (Å²) in [5.41, 5.74) is -0.258. The van der Waals surface area contributed by atoms with Gasteiger partial charge in [-0.15, -0.1) is 0 Å². The Kier molecular flexibility index (Phi) is 5.15. The molecule has 102 valence electrons. The van der Waals surface area contributed by atoms with Gasteiger partial charge in [0.05, 0.1) is 20.3 Å².